The minimum Gasteiger partial charge on any atom is -0.366 e. The smallest absolute Gasteiger partial charge is 0.366 e. The van der Waals surface area contributed by atoms with Crippen molar-refractivity contribution in [1.29, 1.82) is 0 Å². The summed E-state index contributed by atoms with van der Waals surface area (Å²) in [7, 11) is 0. The summed E-state index contributed by atoms with van der Waals surface area (Å²) >= 11 is 6.74. The van der Waals surface area contributed by atoms with Crippen molar-refractivity contribution in [2.75, 3.05) is 36.8 Å². The molecule has 1 fully saturated rings. The fraction of sp³-hybridized carbons (Fsp3) is 0.350. The van der Waals surface area contributed by atoms with Crippen molar-refractivity contribution in [3.05, 3.63) is 58.4 Å². The van der Waals surface area contributed by atoms with Crippen LogP contribution in [0.15, 0.2) is 41.3 Å². The van der Waals surface area contributed by atoms with Crippen LogP contribution in [0.5, 0.6) is 0 Å². The van der Waals surface area contributed by atoms with Crippen LogP contribution in [-0.2, 0) is 0 Å². The van der Waals surface area contributed by atoms with Crippen molar-refractivity contribution in [1.82, 2.24) is 4.90 Å². The summed E-state index contributed by atoms with van der Waals surface area (Å²) in [5.74, 6) is -1.70. The standard InChI is InChI=1S/C20H19ClF4N2OS/c1-13-10-16(22)17(11-18(13)29-12-20(23,24)25)26-6-8-27(9-7-26)19(28)14-4-2-3-5-15(14)21/h2-5,10-11H,6-9,12H2,1H3. The molecule has 9 heteroatoms. The quantitative estimate of drug-likeness (QED) is 0.464. The average molecular weight is 447 g/mol. The first-order valence-corrected chi connectivity index (χ1v) is 10.3. The summed E-state index contributed by atoms with van der Waals surface area (Å²) in [5, 5.41) is 0.371. The molecule has 156 valence electrons. The number of nitrogens with zero attached hydrogens (tertiary/aromatic N) is 2. The van der Waals surface area contributed by atoms with Gasteiger partial charge in [0, 0.05) is 31.1 Å². The number of piperazine rings is 1. The summed E-state index contributed by atoms with van der Waals surface area (Å²) in [6.45, 7) is 3.07. The van der Waals surface area contributed by atoms with E-state index in [9.17, 15) is 22.4 Å². The maximum absolute atomic E-state index is 14.5. The van der Waals surface area contributed by atoms with Gasteiger partial charge in [-0.1, -0.05) is 23.7 Å². The van der Waals surface area contributed by atoms with Crippen molar-refractivity contribution < 1.29 is 22.4 Å². The molecule has 2 aromatic carbocycles. The topological polar surface area (TPSA) is 23.6 Å². The highest BCUT2D eigenvalue weighted by atomic mass is 35.5. The molecule has 0 radical (unpaired) electrons. The molecule has 1 heterocycles. The second-order valence-corrected chi connectivity index (χ2v) is 8.16. The summed E-state index contributed by atoms with van der Waals surface area (Å²) in [4.78, 5) is 16.4. The van der Waals surface area contributed by atoms with Crippen LogP contribution in [0.25, 0.3) is 0 Å². The molecule has 3 nitrogen and oxygen atoms in total. The predicted molar refractivity (Wildman–Crippen MR) is 107 cm³/mol. The lowest BCUT2D eigenvalue weighted by Gasteiger charge is -2.36. The summed E-state index contributed by atoms with van der Waals surface area (Å²) in [6.07, 6.45) is -4.30. The number of rotatable bonds is 4. The molecule has 0 aliphatic carbocycles. The molecule has 1 amide bonds. The van der Waals surface area contributed by atoms with E-state index < -0.39 is 17.7 Å². The van der Waals surface area contributed by atoms with Gasteiger partial charge < -0.3 is 9.80 Å². The highest BCUT2D eigenvalue weighted by Gasteiger charge is 2.29. The molecule has 0 saturated carbocycles. The first-order valence-electron chi connectivity index (χ1n) is 8.94. The molecule has 0 aromatic heterocycles. The van der Waals surface area contributed by atoms with Crippen LogP contribution < -0.4 is 4.90 Å². The van der Waals surface area contributed by atoms with Gasteiger partial charge in [-0.2, -0.15) is 13.2 Å². The lowest BCUT2D eigenvalue weighted by atomic mass is 10.1. The monoisotopic (exact) mass is 446 g/mol. The molecule has 0 N–H and O–H groups in total. The van der Waals surface area contributed by atoms with Crippen molar-refractivity contribution in [3.63, 3.8) is 0 Å². The van der Waals surface area contributed by atoms with E-state index in [1.54, 1.807) is 41.0 Å². The number of amides is 1. The van der Waals surface area contributed by atoms with E-state index in [0.29, 0.717) is 59.0 Å². The Hall–Kier alpha value is -1.93. The third kappa shape index (κ3) is 5.36. The Kier molecular flexibility index (Phi) is 6.63. The molecular weight excluding hydrogens is 428 g/mol. The fourth-order valence-corrected chi connectivity index (χ4v) is 4.17. The average Bonchev–Trinajstić information content (AvgIpc) is 2.67. The first-order chi connectivity index (χ1) is 13.7. The number of benzene rings is 2. The van der Waals surface area contributed by atoms with Gasteiger partial charge in [0.2, 0.25) is 0 Å². The minimum absolute atomic E-state index is 0.193. The van der Waals surface area contributed by atoms with E-state index >= 15 is 0 Å². The van der Waals surface area contributed by atoms with Crippen LogP contribution in [0.2, 0.25) is 5.02 Å². The van der Waals surface area contributed by atoms with E-state index in [1.807, 2.05) is 0 Å². The number of carbonyl (C=O) groups is 1. The van der Waals surface area contributed by atoms with Crippen molar-refractivity contribution >= 4 is 35.0 Å². The maximum Gasteiger partial charge on any atom is 0.398 e. The van der Waals surface area contributed by atoms with Crippen LogP contribution >= 0.6 is 23.4 Å². The maximum atomic E-state index is 14.5. The highest BCUT2D eigenvalue weighted by molar-refractivity contribution is 7.99. The number of alkyl halides is 3. The van der Waals surface area contributed by atoms with E-state index in [2.05, 4.69) is 0 Å². The Balaban J connectivity index is 1.70. The molecule has 1 aliphatic heterocycles. The van der Waals surface area contributed by atoms with Gasteiger partial charge in [-0.3, -0.25) is 4.79 Å². The first kappa shape index (κ1) is 21.8. The second kappa shape index (κ2) is 8.83. The third-order valence-corrected chi connectivity index (χ3v) is 6.20. The van der Waals surface area contributed by atoms with Crippen LogP contribution in [0.3, 0.4) is 0 Å². The molecule has 29 heavy (non-hydrogen) atoms. The molecule has 3 rings (SSSR count). The van der Waals surface area contributed by atoms with E-state index in [-0.39, 0.29) is 11.6 Å². The van der Waals surface area contributed by atoms with Crippen molar-refractivity contribution in [2.45, 2.75) is 18.0 Å². The number of aryl methyl sites for hydroxylation is 1. The number of hydrogen-bond donors (Lipinski definition) is 0. The van der Waals surface area contributed by atoms with Crippen LogP contribution in [0, 0.1) is 12.7 Å². The van der Waals surface area contributed by atoms with E-state index in [1.165, 1.54) is 12.1 Å². The zero-order valence-electron chi connectivity index (χ0n) is 15.6. The van der Waals surface area contributed by atoms with Crippen LogP contribution in [-0.4, -0.2) is 48.9 Å². The van der Waals surface area contributed by atoms with Crippen molar-refractivity contribution in [3.8, 4) is 0 Å². The molecule has 0 unspecified atom stereocenters. The minimum atomic E-state index is -4.30. The molecule has 1 saturated heterocycles. The van der Waals surface area contributed by atoms with Gasteiger partial charge in [0.1, 0.15) is 5.82 Å². The van der Waals surface area contributed by atoms with Gasteiger partial charge >= 0.3 is 6.18 Å². The lowest BCUT2D eigenvalue weighted by Crippen LogP contribution is -2.49. The molecule has 1 aliphatic rings. The number of carbonyl (C=O) groups excluding carboxylic acids is 1. The Bertz CT molecular complexity index is 899. The summed E-state index contributed by atoms with van der Waals surface area (Å²) < 4.78 is 52.1. The largest absolute Gasteiger partial charge is 0.398 e. The van der Waals surface area contributed by atoms with Crippen molar-refractivity contribution in [2.24, 2.45) is 0 Å². The van der Waals surface area contributed by atoms with Gasteiger partial charge in [-0.05, 0) is 36.8 Å². The molecular formula is C20H19ClF4N2OS. The zero-order chi connectivity index (χ0) is 21.2. The highest BCUT2D eigenvalue weighted by Crippen LogP contribution is 2.34. The Morgan fingerprint density at radius 2 is 1.79 bits per heavy atom. The number of halogens is 5. The SMILES string of the molecule is Cc1cc(F)c(N2CCN(C(=O)c3ccccc3Cl)CC2)cc1SCC(F)(F)F. The van der Waals surface area contributed by atoms with Crippen LogP contribution in [0.1, 0.15) is 15.9 Å². The van der Waals surface area contributed by atoms with Gasteiger partial charge in [0.05, 0.1) is 22.0 Å². The molecule has 0 atom stereocenters. The second-order valence-electron chi connectivity index (χ2n) is 6.73. The zero-order valence-corrected chi connectivity index (χ0v) is 17.2. The normalized spacial score (nSPS) is 15.0. The van der Waals surface area contributed by atoms with E-state index in [0.717, 1.165) is 0 Å². The number of hydrogen-bond acceptors (Lipinski definition) is 3. The fourth-order valence-electron chi connectivity index (χ4n) is 3.15. The number of thioether (sulfide) groups is 1. The Morgan fingerprint density at radius 3 is 2.41 bits per heavy atom. The van der Waals surface area contributed by atoms with Gasteiger partial charge in [-0.25, -0.2) is 4.39 Å². The predicted octanol–water partition coefficient (Wildman–Crippen LogP) is 5.40. The van der Waals surface area contributed by atoms with E-state index in [4.69, 9.17) is 11.6 Å². The Labute approximate surface area is 175 Å². The molecule has 0 bridgehead atoms. The van der Waals surface area contributed by atoms with Gasteiger partial charge in [-0.15, -0.1) is 11.8 Å². The number of anilines is 1. The van der Waals surface area contributed by atoms with Gasteiger partial charge in [0.25, 0.3) is 5.91 Å². The molecule has 0 spiro atoms. The lowest BCUT2D eigenvalue weighted by molar-refractivity contribution is -0.105. The third-order valence-electron chi connectivity index (χ3n) is 4.65. The van der Waals surface area contributed by atoms with Crippen LogP contribution in [0.4, 0.5) is 23.2 Å². The van der Waals surface area contributed by atoms with Gasteiger partial charge in [0.15, 0.2) is 0 Å². The summed E-state index contributed by atoms with van der Waals surface area (Å²) in [5.41, 5.74) is 1.13. The summed E-state index contributed by atoms with van der Waals surface area (Å²) in [6, 6.07) is 9.50. The molecule has 2 aromatic rings. The Morgan fingerprint density at radius 1 is 1.14 bits per heavy atom.